The monoisotopic (exact) mass is 296 g/mol. The Hall–Kier alpha value is -0.670. The summed E-state index contributed by atoms with van der Waals surface area (Å²) in [5, 5.41) is -0.0669. The van der Waals surface area contributed by atoms with Crippen LogP contribution in [-0.2, 0) is 0 Å². The largest absolute Gasteiger partial charge is 0.323 e. The van der Waals surface area contributed by atoms with Crippen molar-refractivity contribution in [3.05, 3.63) is 29.6 Å². The Labute approximate surface area is 124 Å². The number of thioether (sulfide) groups is 1. The van der Waals surface area contributed by atoms with Crippen LogP contribution in [0.15, 0.2) is 18.2 Å². The van der Waals surface area contributed by atoms with Crippen molar-refractivity contribution in [1.82, 2.24) is 9.55 Å². The van der Waals surface area contributed by atoms with Crippen molar-refractivity contribution in [2.24, 2.45) is 0 Å². The van der Waals surface area contributed by atoms with Gasteiger partial charge in [-0.1, -0.05) is 19.1 Å². The molecule has 0 aliphatic rings. The number of fused-ring (bicyclic) bond motifs is 1. The van der Waals surface area contributed by atoms with E-state index in [0.29, 0.717) is 6.04 Å². The smallest absolute Gasteiger partial charge is 0.128 e. The molecule has 4 heteroatoms. The molecular formula is C15H21ClN2S. The summed E-state index contributed by atoms with van der Waals surface area (Å²) in [7, 11) is 0. The van der Waals surface area contributed by atoms with E-state index in [-0.39, 0.29) is 5.38 Å². The molecule has 0 spiro atoms. The van der Waals surface area contributed by atoms with Crippen molar-refractivity contribution in [2.75, 3.05) is 12.0 Å². The number of aryl methyl sites for hydroxylation is 1. The Morgan fingerprint density at radius 2 is 2.16 bits per heavy atom. The standard InChI is InChI=1S/C15H21ClN2S/c1-5-12(9-19-4)18-14-10(2)7-6-8-13(14)17-15(18)11(3)16/h6-8,11-12H,5,9H2,1-4H3. The maximum Gasteiger partial charge on any atom is 0.128 e. The number of nitrogens with zero attached hydrogens (tertiary/aromatic N) is 2. The molecule has 0 aliphatic carbocycles. The van der Waals surface area contributed by atoms with Gasteiger partial charge in [-0.15, -0.1) is 11.6 Å². The summed E-state index contributed by atoms with van der Waals surface area (Å²) in [6.45, 7) is 6.38. The molecule has 2 unspecified atom stereocenters. The quantitative estimate of drug-likeness (QED) is 0.726. The molecule has 0 fully saturated rings. The van der Waals surface area contributed by atoms with Crippen LogP contribution in [0.5, 0.6) is 0 Å². The third-order valence-corrected chi connectivity index (χ3v) is 4.40. The van der Waals surface area contributed by atoms with Gasteiger partial charge in [0.15, 0.2) is 0 Å². The molecule has 0 aliphatic heterocycles. The van der Waals surface area contributed by atoms with Gasteiger partial charge in [-0.2, -0.15) is 11.8 Å². The van der Waals surface area contributed by atoms with Crippen LogP contribution < -0.4 is 0 Å². The molecule has 0 bridgehead atoms. The average Bonchev–Trinajstić information content (AvgIpc) is 2.77. The Morgan fingerprint density at radius 3 is 2.74 bits per heavy atom. The first-order chi connectivity index (χ1) is 9.10. The first-order valence-corrected chi connectivity index (χ1v) is 8.53. The first kappa shape index (κ1) is 14.7. The fourth-order valence-corrected chi connectivity index (χ4v) is 3.48. The number of aromatic nitrogens is 2. The molecule has 1 aromatic heterocycles. The number of alkyl halides is 1. The molecule has 0 amide bonds. The van der Waals surface area contributed by atoms with E-state index in [9.17, 15) is 0 Å². The van der Waals surface area contributed by atoms with Gasteiger partial charge in [0.25, 0.3) is 0 Å². The molecule has 1 heterocycles. The van der Waals surface area contributed by atoms with Crippen molar-refractivity contribution in [1.29, 1.82) is 0 Å². The lowest BCUT2D eigenvalue weighted by atomic mass is 10.1. The van der Waals surface area contributed by atoms with Crippen LogP contribution in [0.4, 0.5) is 0 Å². The molecule has 0 radical (unpaired) electrons. The number of imidazole rings is 1. The van der Waals surface area contributed by atoms with Gasteiger partial charge < -0.3 is 4.57 Å². The lowest BCUT2D eigenvalue weighted by Crippen LogP contribution is -2.15. The van der Waals surface area contributed by atoms with Gasteiger partial charge in [-0.25, -0.2) is 4.98 Å². The van der Waals surface area contributed by atoms with Gasteiger partial charge in [-0.05, 0) is 38.2 Å². The number of para-hydroxylation sites is 1. The van der Waals surface area contributed by atoms with Crippen molar-refractivity contribution in [3.8, 4) is 0 Å². The Balaban J connectivity index is 2.69. The summed E-state index contributed by atoms with van der Waals surface area (Å²) in [5.41, 5.74) is 3.57. The second-order valence-corrected chi connectivity index (χ2v) is 6.48. The molecular weight excluding hydrogens is 276 g/mol. The van der Waals surface area contributed by atoms with Gasteiger partial charge in [0.1, 0.15) is 5.82 Å². The zero-order valence-electron chi connectivity index (χ0n) is 12.0. The molecule has 104 valence electrons. The molecule has 2 rings (SSSR count). The van der Waals surface area contributed by atoms with Gasteiger partial charge in [0.2, 0.25) is 0 Å². The lowest BCUT2D eigenvalue weighted by molar-refractivity contribution is 0.529. The maximum atomic E-state index is 6.34. The molecule has 2 atom stereocenters. The van der Waals surface area contributed by atoms with Crippen LogP contribution in [0.2, 0.25) is 0 Å². The topological polar surface area (TPSA) is 17.8 Å². The average molecular weight is 297 g/mol. The normalized spacial score (nSPS) is 14.8. The second kappa shape index (κ2) is 6.19. The number of halogens is 1. The highest BCUT2D eigenvalue weighted by Crippen LogP contribution is 2.32. The third-order valence-electron chi connectivity index (χ3n) is 3.49. The third kappa shape index (κ3) is 2.77. The van der Waals surface area contributed by atoms with Crippen molar-refractivity contribution in [3.63, 3.8) is 0 Å². The molecule has 0 saturated heterocycles. The van der Waals surface area contributed by atoms with Crippen molar-refractivity contribution < 1.29 is 0 Å². The number of rotatable bonds is 5. The zero-order chi connectivity index (χ0) is 14.0. The minimum absolute atomic E-state index is 0.0669. The van der Waals surface area contributed by atoms with Crippen LogP contribution in [0.1, 0.15) is 43.1 Å². The number of hydrogen-bond donors (Lipinski definition) is 0. The van der Waals surface area contributed by atoms with E-state index in [0.717, 1.165) is 23.5 Å². The van der Waals surface area contributed by atoms with Crippen molar-refractivity contribution >= 4 is 34.4 Å². The van der Waals surface area contributed by atoms with E-state index < -0.39 is 0 Å². The minimum Gasteiger partial charge on any atom is -0.323 e. The highest BCUT2D eigenvalue weighted by Gasteiger charge is 2.21. The van der Waals surface area contributed by atoms with Crippen LogP contribution >= 0.6 is 23.4 Å². The SMILES string of the molecule is CCC(CSC)n1c(C(C)Cl)nc2cccc(C)c21. The maximum absolute atomic E-state index is 6.34. The molecule has 0 N–H and O–H groups in total. The zero-order valence-corrected chi connectivity index (χ0v) is 13.6. The summed E-state index contributed by atoms with van der Waals surface area (Å²) < 4.78 is 2.36. The van der Waals surface area contributed by atoms with E-state index in [2.05, 4.69) is 42.9 Å². The highest BCUT2D eigenvalue weighted by molar-refractivity contribution is 7.98. The van der Waals surface area contributed by atoms with Crippen LogP contribution in [-0.4, -0.2) is 21.6 Å². The molecule has 2 nitrogen and oxygen atoms in total. The van der Waals surface area contributed by atoms with Crippen LogP contribution in [0.25, 0.3) is 11.0 Å². The fraction of sp³-hybridized carbons (Fsp3) is 0.533. The van der Waals surface area contributed by atoms with E-state index >= 15 is 0 Å². The summed E-state index contributed by atoms with van der Waals surface area (Å²) in [6.07, 6.45) is 3.25. The van der Waals surface area contributed by atoms with E-state index in [1.807, 2.05) is 18.7 Å². The Kier molecular flexibility index (Phi) is 4.80. The highest BCUT2D eigenvalue weighted by atomic mass is 35.5. The van der Waals surface area contributed by atoms with Gasteiger partial charge >= 0.3 is 0 Å². The summed E-state index contributed by atoms with van der Waals surface area (Å²) in [5.74, 6) is 2.08. The Morgan fingerprint density at radius 1 is 1.42 bits per heavy atom. The van der Waals surface area contributed by atoms with E-state index in [1.54, 1.807) is 0 Å². The molecule has 1 aromatic carbocycles. The number of benzene rings is 1. The predicted molar refractivity (Wildman–Crippen MR) is 86.4 cm³/mol. The summed E-state index contributed by atoms with van der Waals surface area (Å²) >= 11 is 8.22. The van der Waals surface area contributed by atoms with Crippen LogP contribution in [0.3, 0.4) is 0 Å². The fourth-order valence-electron chi connectivity index (χ4n) is 2.56. The molecule has 0 saturated carbocycles. The van der Waals surface area contributed by atoms with Gasteiger partial charge in [0, 0.05) is 11.8 Å². The number of hydrogen-bond acceptors (Lipinski definition) is 2. The lowest BCUT2D eigenvalue weighted by Gasteiger charge is -2.21. The van der Waals surface area contributed by atoms with E-state index in [4.69, 9.17) is 16.6 Å². The van der Waals surface area contributed by atoms with Gasteiger partial charge in [-0.3, -0.25) is 0 Å². The second-order valence-electron chi connectivity index (χ2n) is 4.92. The molecule has 2 aromatic rings. The predicted octanol–water partition coefficient (Wildman–Crippen LogP) is 4.96. The van der Waals surface area contributed by atoms with Crippen LogP contribution in [0, 0.1) is 6.92 Å². The first-order valence-electron chi connectivity index (χ1n) is 6.70. The summed E-state index contributed by atoms with van der Waals surface area (Å²) in [6, 6.07) is 6.74. The van der Waals surface area contributed by atoms with Gasteiger partial charge in [0.05, 0.1) is 16.4 Å². The molecule has 19 heavy (non-hydrogen) atoms. The van der Waals surface area contributed by atoms with E-state index in [1.165, 1.54) is 11.1 Å². The van der Waals surface area contributed by atoms with Crippen molar-refractivity contribution in [2.45, 2.75) is 38.6 Å². The minimum atomic E-state index is -0.0669. The Bertz CT molecular complexity index is 563. The summed E-state index contributed by atoms with van der Waals surface area (Å²) in [4.78, 5) is 4.75.